The van der Waals surface area contributed by atoms with Gasteiger partial charge in [-0.05, 0) is 105 Å². The molecule has 0 nitrogen and oxygen atoms in total. The number of benzene rings is 4. The molecule has 2 fully saturated rings. The summed E-state index contributed by atoms with van der Waals surface area (Å²) >= 11 is 3.81. The molecule has 1 heteroatoms. The minimum absolute atomic E-state index is 0.239. The molecular formula is C34H29Br. The van der Waals surface area contributed by atoms with Crippen LogP contribution in [-0.2, 0) is 5.41 Å². The molecule has 4 aromatic rings. The van der Waals surface area contributed by atoms with Gasteiger partial charge in [-0.1, -0.05) is 102 Å². The highest BCUT2D eigenvalue weighted by Crippen LogP contribution is 2.63. The predicted octanol–water partition coefficient (Wildman–Crippen LogP) is 9.33. The van der Waals surface area contributed by atoms with E-state index in [1.807, 2.05) is 0 Å². The topological polar surface area (TPSA) is 0 Å². The Kier molecular flexibility index (Phi) is 4.23. The Hall–Kier alpha value is -2.64. The smallest absolute Gasteiger partial charge is 0.0619 e. The molecule has 2 bridgehead atoms. The lowest BCUT2D eigenvalue weighted by Gasteiger charge is -2.36. The fourth-order valence-electron chi connectivity index (χ4n) is 8.73. The van der Waals surface area contributed by atoms with Crippen molar-refractivity contribution in [2.24, 2.45) is 17.8 Å². The van der Waals surface area contributed by atoms with Crippen molar-refractivity contribution in [1.82, 2.24) is 0 Å². The zero-order chi connectivity index (χ0) is 23.3. The first kappa shape index (κ1) is 20.5. The Morgan fingerprint density at radius 3 is 2.14 bits per heavy atom. The van der Waals surface area contributed by atoms with Gasteiger partial charge < -0.3 is 0 Å². The van der Waals surface area contributed by atoms with E-state index in [4.69, 9.17) is 0 Å². The molecule has 4 aliphatic rings. The summed E-state index contributed by atoms with van der Waals surface area (Å²) in [6.45, 7) is 2.51. The average molecular weight is 518 g/mol. The Bertz CT molecular complexity index is 1510. The molecule has 0 amide bonds. The van der Waals surface area contributed by atoms with Crippen LogP contribution in [0.4, 0.5) is 0 Å². The van der Waals surface area contributed by atoms with Crippen LogP contribution in [0.5, 0.6) is 0 Å². The van der Waals surface area contributed by atoms with E-state index in [0.717, 1.165) is 22.2 Å². The zero-order valence-electron chi connectivity index (χ0n) is 20.1. The quantitative estimate of drug-likeness (QED) is 0.204. The van der Waals surface area contributed by atoms with Crippen molar-refractivity contribution < 1.29 is 0 Å². The highest BCUT2D eigenvalue weighted by Gasteiger charge is 2.52. The highest BCUT2D eigenvalue weighted by molar-refractivity contribution is 9.10. The van der Waals surface area contributed by atoms with Crippen LogP contribution in [0.25, 0.3) is 22.3 Å². The molecule has 0 saturated heterocycles. The van der Waals surface area contributed by atoms with Gasteiger partial charge in [-0.3, -0.25) is 0 Å². The lowest BCUT2D eigenvalue weighted by Crippen LogP contribution is -2.26. The lowest BCUT2D eigenvalue weighted by molar-refractivity contribution is 0.233. The van der Waals surface area contributed by atoms with Gasteiger partial charge >= 0.3 is 0 Å². The molecule has 0 N–H and O–H groups in total. The average Bonchev–Trinajstić information content (AvgIpc) is 3.50. The molecule has 1 spiro atoms. The van der Waals surface area contributed by atoms with Gasteiger partial charge in [-0.2, -0.15) is 0 Å². The number of halogens is 1. The van der Waals surface area contributed by atoms with E-state index in [9.17, 15) is 0 Å². The van der Waals surface area contributed by atoms with Gasteiger partial charge in [0.05, 0.1) is 5.41 Å². The lowest BCUT2D eigenvalue weighted by atomic mass is 9.68. The van der Waals surface area contributed by atoms with Crippen molar-refractivity contribution in [3.05, 3.63) is 117 Å². The summed E-state index contributed by atoms with van der Waals surface area (Å²) in [6, 6.07) is 32.8. The van der Waals surface area contributed by atoms with Gasteiger partial charge in [0.25, 0.3) is 0 Å². The first-order valence-corrected chi connectivity index (χ1v) is 14.1. The summed E-state index contributed by atoms with van der Waals surface area (Å²) in [4.78, 5) is 0. The maximum absolute atomic E-state index is 3.81. The Morgan fingerprint density at radius 1 is 0.657 bits per heavy atom. The molecule has 8 rings (SSSR count). The SMILES string of the molecule is C[C@H]1C[C@@H]2CCC(C2)C1c1ccc2c(c1)-c1ccccc1C21c2ccccc2-c2ccc(Br)cc21. The van der Waals surface area contributed by atoms with Crippen molar-refractivity contribution in [3.63, 3.8) is 0 Å². The van der Waals surface area contributed by atoms with Crippen molar-refractivity contribution in [1.29, 1.82) is 0 Å². The Balaban J connectivity index is 1.42. The molecule has 0 radical (unpaired) electrons. The largest absolute Gasteiger partial charge is 0.0725 e. The van der Waals surface area contributed by atoms with Crippen molar-refractivity contribution in [2.75, 3.05) is 0 Å². The fraction of sp³-hybridized carbons (Fsp3) is 0.294. The molecule has 0 aromatic heterocycles. The minimum Gasteiger partial charge on any atom is -0.0619 e. The van der Waals surface area contributed by atoms with E-state index in [1.54, 1.807) is 5.56 Å². The van der Waals surface area contributed by atoms with Crippen molar-refractivity contribution in [3.8, 4) is 22.3 Å². The Morgan fingerprint density at radius 2 is 1.34 bits per heavy atom. The van der Waals surface area contributed by atoms with Crippen LogP contribution in [0.15, 0.2) is 89.4 Å². The van der Waals surface area contributed by atoms with Crippen LogP contribution < -0.4 is 0 Å². The Labute approximate surface area is 216 Å². The highest BCUT2D eigenvalue weighted by atomic mass is 79.9. The third kappa shape index (κ3) is 2.58. The van der Waals surface area contributed by atoms with Crippen LogP contribution in [0.3, 0.4) is 0 Å². The van der Waals surface area contributed by atoms with E-state index >= 15 is 0 Å². The van der Waals surface area contributed by atoms with Gasteiger partial charge in [0.15, 0.2) is 0 Å². The zero-order valence-corrected chi connectivity index (χ0v) is 21.7. The molecule has 4 aromatic carbocycles. The summed E-state index contributed by atoms with van der Waals surface area (Å²) in [5.74, 6) is 3.35. The third-order valence-corrected chi connectivity index (χ3v) is 10.4. The second kappa shape index (κ2) is 7.20. The van der Waals surface area contributed by atoms with Gasteiger partial charge in [0.1, 0.15) is 0 Å². The summed E-state index contributed by atoms with van der Waals surface area (Å²) in [5, 5.41) is 0. The number of hydrogen-bond donors (Lipinski definition) is 0. The normalized spacial score (nSPS) is 29.1. The first-order valence-electron chi connectivity index (χ1n) is 13.3. The first-order chi connectivity index (χ1) is 17.2. The van der Waals surface area contributed by atoms with Crippen LogP contribution in [0.1, 0.15) is 66.3 Å². The predicted molar refractivity (Wildman–Crippen MR) is 148 cm³/mol. The third-order valence-electron chi connectivity index (χ3n) is 9.87. The van der Waals surface area contributed by atoms with Crippen molar-refractivity contribution in [2.45, 2.75) is 43.9 Å². The van der Waals surface area contributed by atoms with E-state index in [-0.39, 0.29) is 5.41 Å². The van der Waals surface area contributed by atoms with Gasteiger partial charge in [0, 0.05) is 4.47 Å². The van der Waals surface area contributed by atoms with Crippen LogP contribution in [-0.4, -0.2) is 0 Å². The molecule has 172 valence electrons. The van der Waals surface area contributed by atoms with E-state index in [0.29, 0.717) is 5.92 Å². The van der Waals surface area contributed by atoms with Crippen LogP contribution in [0.2, 0.25) is 0 Å². The van der Waals surface area contributed by atoms with E-state index in [2.05, 4.69) is 108 Å². The van der Waals surface area contributed by atoms with Gasteiger partial charge in [0.2, 0.25) is 0 Å². The summed E-state index contributed by atoms with van der Waals surface area (Å²) in [6.07, 6.45) is 5.73. The molecule has 0 heterocycles. The fourth-order valence-corrected chi connectivity index (χ4v) is 9.09. The maximum Gasteiger partial charge on any atom is 0.0725 e. The number of hydrogen-bond acceptors (Lipinski definition) is 0. The van der Waals surface area contributed by atoms with E-state index in [1.165, 1.54) is 70.2 Å². The molecule has 4 aliphatic carbocycles. The molecule has 0 aliphatic heterocycles. The number of rotatable bonds is 1. The van der Waals surface area contributed by atoms with Gasteiger partial charge in [-0.25, -0.2) is 0 Å². The molecule has 3 unspecified atom stereocenters. The standard InChI is InChI=1S/C34H29Br/c1-20-16-21-10-11-22(17-21)33(20)23-12-15-31-28(18-23)26-7-3-5-9-30(26)34(31)29-8-4-2-6-25(29)27-14-13-24(35)19-32(27)34/h2-9,12-15,18-22,33H,10-11,16-17H2,1H3/t20-,21-,22?,33?,34?/m0/s1. The summed E-state index contributed by atoms with van der Waals surface area (Å²) in [7, 11) is 0. The monoisotopic (exact) mass is 516 g/mol. The molecule has 2 saturated carbocycles. The van der Waals surface area contributed by atoms with Crippen LogP contribution in [0, 0.1) is 17.8 Å². The van der Waals surface area contributed by atoms with Gasteiger partial charge in [-0.15, -0.1) is 0 Å². The number of fused-ring (bicyclic) bond motifs is 12. The summed E-state index contributed by atoms with van der Waals surface area (Å²) < 4.78 is 1.15. The van der Waals surface area contributed by atoms with Crippen LogP contribution >= 0.6 is 15.9 Å². The maximum atomic E-state index is 3.81. The van der Waals surface area contributed by atoms with Crippen molar-refractivity contribution >= 4 is 15.9 Å². The molecule has 5 atom stereocenters. The molecule has 35 heavy (non-hydrogen) atoms. The molecular weight excluding hydrogens is 488 g/mol. The second-order valence-electron chi connectivity index (χ2n) is 11.5. The summed E-state index contributed by atoms with van der Waals surface area (Å²) in [5.41, 5.74) is 12.7. The minimum atomic E-state index is -0.239. The van der Waals surface area contributed by atoms with E-state index < -0.39 is 0 Å². The second-order valence-corrected chi connectivity index (χ2v) is 12.4.